The molecule has 21 heavy (non-hydrogen) atoms. The van der Waals surface area contributed by atoms with Crippen LogP contribution in [0.3, 0.4) is 0 Å². The summed E-state index contributed by atoms with van der Waals surface area (Å²) in [5.41, 5.74) is 1.34. The summed E-state index contributed by atoms with van der Waals surface area (Å²) < 4.78 is 6.48. The predicted molar refractivity (Wildman–Crippen MR) is 85.5 cm³/mol. The zero-order valence-corrected chi connectivity index (χ0v) is 13.9. The Balaban J connectivity index is 1.76. The van der Waals surface area contributed by atoms with Crippen molar-refractivity contribution in [1.29, 1.82) is 0 Å². The van der Waals surface area contributed by atoms with Gasteiger partial charge in [0.05, 0.1) is 6.10 Å². The van der Waals surface area contributed by atoms with Gasteiger partial charge in [-0.25, -0.2) is 4.79 Å². The van der Waals surface area contributed by atoms with Gasteiger partial charge in [0, 0.05) is 23.6 Å². The molecule has 0 radical (unpaired) electrons. The lowest BCUT2D eigenvalue weighted by Gasteiger charge is -2.35. The number of carbonyl (C=O) groups is 1. The maximum atomic E-state index is 10.5. The van der Waals surface area contributed by atoms with Gasteiger partial charge in [-0.3, -0.25) is 0 Å². The Morgan fingerprint density at radius 2 is 2.00 bits per heavy atom. The van der Waals surface area contributed by atoms with Crippen LogP contribution in [0.4, 0.5) is 0 Å². The van der Waals surface area contributed by atoms with E-state index in [1.165, 1.54) is 5.56 Å². The van der Waals surface area contributed by atoms with Gasteiger partial charge in [0.25, 0.3) is 0 Å². The molecule has 0 saturated carbocycles. The van der Waals surface area contributed by atoms with Crippen LogP contribution < -0.4 is 0 Å². The molecular formula is C16H22BrNO3. The summed E-state index contributed by atoms with van der Waals surface area (Å²) in [4.78, 5) is 13.0. The molecule has 1 atom stereocenters. The fraction of sp³-hybridized carbons (Fsp3) is 0.562. The fourth-order valence-corrected chi connectivity index (χ4v) is 3.03. The average molecular weight is 356 g/mol. The van der Waals surface area contributed by atoms with Crippen LogP contribution in [0.25, 0.3) is 0 Å². The number of benzene rings is 1. The molecule has 116 valence electrons. The Morgan fingerprint density at radius 1 is 1.38 bits per heavy atom. The minimum absolute atomic E-state index is 0.0947. The van der Waals surface area contributed by atoms with Crippen LogP contribution in [0.2, 0.25) is 0 Å². The lowest BCUT2D eigenvalue weighted by atomic mass is 10.0. The highest BCUT2D eigenvalue weighted by atomic mass is 79.9. The number of hydrogen-bond acceptors (Lipinski definition) is 3. The van der Waals surface area contributed by atoms with Crippen molar-refractivity contribution < 1.29 is 14.6 Å². The standard InChI is InChI=1S/C16H22BrNO3/c1-12(10-13-2-4-14(17)5-3-13)18-8-6-15(7-9-18)21-11-16(19)20/h2-5,12,15H,6-11H2,1H3,(H,19,20). The third kappa shape index (κ3) is 5.41. The molecule has 0 aromatic heterocycles. The topological polar surface area (TPSA) is 49.8 Å². The van der Waals surface area contributed by atoms with E-state index in [-0.39, 0.29) is 12.7 Å². The van der Waals surface area contributed by atoms with E-state index in [1.807, 2.05) is 0 Å². The molecule has 0 amide bonds. The number of rotatable bonds is 6. The fourth-order valence-electron chi connectivity index (χ4n) is 2.76. The molecule has 0 aliphatic carbocycles. The number of aliphatic carboxylic acids is 1. The molecule has 1 saturated heterocycles. The number of ether oxygens (including phenoxy) is 1. The number of hydrogen-bond donors (Lipinski definition) is 1. The van der Waals surface area contributed by atoms with Crippen molar-refractivity contribution in [2.24, 2.45) is 0 Å². The van der Waals surface area contributed by atoms with Crippen molar-refractivity contribution in [3.8, 4) is 0 Å². The first-order valence-corrected chi connectivity index (χ1v) is 8.16. The van der Waals surface area contributed by atoms with E-state index >= 15 is 0 Å². The summed E-state index contributed by atoms with van der Waals surface area (Å²) in [5.74, 6) is -0.888. The molecule has 1 unspecified atom stereocenters. The van der Waals surface area contributed by atoms with E-state index in [0.717, 1.165) is 36.8 Å². The van der Waals surface area contributed by atoms with Gasteiger partial charge in [0.1, 0.15) is 6.61 Å². The van der Waals surface area contributed by atoms with Gasteiger partial charge in [-0.15, -0.1) is 0 Å². The zero-order valence-electron chi connectivity index (χ0n) is 12.3. The second-order valence-corrected chi connectivity index (χ2v) is 6.54. The van der Waals surface area contributed by atoms with Crippen LogP contribution in [0.5, 0.6) is 0 Å². The van der Waals surface area contributed by atoms with E-state index in [4.69, 9.17) is 9.84 Å². The highest BCUT2D eigenvalue weighted by Crippen LogP contribution is 2.19. The number of carboxylic acid groups (broad SMARTS) is 1. The largest absolute Gasteiger partial charge is 0.480 e. The van der Waals surface area contributed by atoms with Gasteiger partial charge < -0.3 is 14.7 Å². The third-order valence-electron chi connectivity index (χ3n) is 3.99. The minimum Gasteiger partial charge on any atom is -0.480 e. The summed E-state index contributed by atoms with van der Waals surface area (Å²) in [6.07, 6.45) is 2.96. The highest BCUT2D eigenvalue weighted by Gasteiger charge is 2.23. The molecular weight excluding hydrogens is 334 g/mol. The summed E-state index contributed by atoms with van der Waals surface area (Å²) in [6, 6.07) is 8.96. The van der Waals surface area contributed by atoms with Gasteiger partial charge in [-0.1, -0.05) is 28.1 Å². The number of piperidine rings is 1. The maximum absolute atomic E-state index is 10.5. The van der Waals surface area contributed by atoms with E-state index in [2.05, 4.69) is 52.0 Å². The van der Waals surface area contributed by atoms with Crippen LogP contribution >= 0.6 is 15.9 Å². The Labute approximate surface area is 134 Å². The molecule has 1 N–H and O–H groups in total. The minimum atomic E-state index is -0.888. The first kappa shape index (κ1) is 16.5. The predicted octanol–water partition coefficient (Wildman–Crippen LogP) is 2.95. The Bertz CT molecular complexity index is 455. The summed E-state index contributed by atoms with van der Waals surface area (Å²) in [7, 11) is 0. The van der Waals surface area contributed by atoms with Crippen LogP contribution in [0.15, 0.2) is 28.7 Å². The molecule has 1 aromatic rings. The van der Waals surface area contributed by atoms with Crippen molar-refractivity contribution >= 4 is 21.9 Å². The Kier molecular flexibility index (Phi) is 6.21. The van der Waals surface area contributed by atoms with Crippen LogP contribution in [-0.4, -0.2) is 47.8 Å². The molecule has 4 nitrogen and oxygen atoms in total. The number of nitrogens with zero attached hydrogens (tertiary/aromatic N) is 1. The van der Waals surface area contributed by atoms with Gasteiger partial charge in [-0.2, -0.15) is 0 Å². The molecule has 0 spiro atoms. The van der Waals surface area contributed by atoms with E-state index < -0.39 is 5.97 Å². The summed E-state index contributed by atoms with van der Waals surface area (Å²) >= 11 is 3.45. The molecule has 1 aliphatic heterocycles. The molecule has 1 aliphatic rings. The molecule has 0 bridgehead atoms. The zero-order chi connectivity index (χ0) is 15.2. The smallest absolute Gasteiger partial charge is 0.329 e. The van der Waals surface area contributed by atoms with Crippen molar-refractivity contribution in [3.05, 3.63) is 34.3 Å². The van der Waals surface area contributed by atoms with Crippen LogP contribution in [0, 0.1) is 0 Å². The third-order valence-corrected chi connectivity index (χ3v) is 4.52. The van der Waals surface area contributed by atoms with Crippen molar-refractivity contribution in [2.45, 2.75) is 38.3 Å². The second-order valence-electron chi connectivity index (χ2n) is 5.62. The first-order valence-electron chi connectivity index (χ1n) is 7.36. The average Bonchev–Trinajstić information content (AvgIpc) is 2.48. The summed E-state index contributed by atoms with van der Waals surface area (Å²) in [5, 5.41) is 8.63. The Morgan fingerprint density at radius 3 is 2.57 bits per heavy atom. The quantitative estimate of drug-likeness (QED) is 0.852. The van der Waals surface area contributed by atoms with Gasteiger partial charge in [0.2, 0.25) is 0 Å². The normalized spacial score (nSPS) is 18.6. The van der Waals surface area contributed by atoms with Crippen molar-refractivity contribution in [3.63, 3.8) is 0 Å². The molecule has 1 heterocycles. The van der Waals surface area contributed by atoms with Crippen LogP contribution in [0.1, 0.15) is 25.3 Å². The van der Waals surface area contributed by atoms with Crippen molar-refractivity contribution in [2.75, 3.05) is 19.7 Å². The SMILES string of the molecule is CC(Cc1ccc(Br)cc1)N1CCC(OCC(=O)O)CC1. The Hall–Kier alpha value is -0.910. The maximum Gasteiger partial charge on any atom is 0.329 e. The monoisotopic (exact) mass is 355 g/mol. The van der Waals surface area contributed by atoms with Crippen LogP contribution in [-0.2, 0) is 16.0 Å². The van der Waals surface area contributed by atoms with Crippen molar-refractivity contribution in [1.82, 2.24) is 4.90 Å². The molecule has 1 aromatic carbocycles. The highest BCUT2D eigenvalue weighted by molar-refractivity contribution is 9.10. The van der Waals surface area contributed by atoms with Gasteiger partial charge >= 0.3 is 5.97 Å². The number of halogens is 1. The van der Waals surface area contributed by atoms with Gasteiger partial charge in [-0.05, 0) is 43.9 Å². The number of carboxylic acids is 1. The summed E-state index contributed by atoms with van der Waals surface area (Å²) in [6.45, 7) is 4.02. The first-order chi connectivity index (χ1) is 10.0. The molecule has 2 rings (SSSR count). The number of likely N-dealkylation sites (tertiary alicyclic amines) is 1. The van der Waals surface area contributed by atoms with E-state index in [1.54, 1.807) is 0 Å². The van der Waals surface area contributed by atoms with Gasteiger partial charge in [0.15, 0.2) is 0 Å². The molecule has 1 fully saturated rings. The lowest BCUT2D eigenvalue weighted by molar-refractivity contribution is -0.145. The van der Waals surface area contributed by atoms with E-state index in [0.29, 0.717) is 6.04 Å². The second kappa shape index (κ2) is 7.92. The van der Waals surface area contributed by atoms with E-state index in [9.17, 15) is 4.79 Å². The molecule has 5 heteroatoms. The lowest BCUT2D eigenvalue weighted by Crippen LogP contribution is -2.43.